The minimum Gasteiger partial charge on any atom is -0.488 e. The van der Waals surface area contributed by atoms with Gasteiger partial charge < -0.3 is 4.74 Å². The van der Waals surface area contributed by atoms with Crippen molar-refractivity contribution in [3.05, 3.63) is 81.6 Å². The first-order chi connectivity index (χ1) is 11.5. The molecule has 2 heteroatoms. The normalized spacial score (nSPS) is 15.9. The number of hydrogen-bond donors (Lipinski definition) is 0. The van der Waals surface area contributed by atoms with Gasteiger partial charge in [-0.15, -0.1) is 11.3 Å². The summed E-state index contributed by atoms with van der Waals surface area (Å²) >= 11 is 1.73. The van der Waals surface area contributed by atoms with Gasteiger partial charge >= 0.3 is 0 Å². The predicted molar refractivity (Wildman–Crippen MR) is 104 cm³/mol. The molecule has 1 aliphatic carbocycles. The van der Waals surface area contributed by atoms with E-state index >= 15 is 0 Å². The topological polar surface area (TPSA) is 9.23 Å². The molecule has 0 fully saturated rings. The molecule has 0 amide bonds. The molecule has 1 heterocycles. The first-order valence-corrected chi connectivity index (χ1v) is 9.23. The molecule has 0 unspecified atom stereocenters. The van der Waals surface area contributed by atoms with Crippen molar-refractivity contribution in [2.24, 2.45) is 5.41 Å². The largest absolute Gasteiger partial charge is 0.488 e. The van der Waals surface area contributed by atoms with Crippen molar-refractivity contribution in [2.45, 2.75) is 33.8 Å². The van der Waals surface area contributed by atoms with Gasteiger partial charge in [0.1, 0.15) is 12.4 Å². The molecular weight excluding hydrogens is 312 g/mol. The highest BCUT2D eigenvalue weighted by molar-refractivity contribution is 7.09. The molecule has 0 aliphatic heterocycles. The van der Waals surface area contributed by atoms with E-state index in [0.717, 1.165) is 12.2 Å². The van der Waals surface area contributed by atoms with Gasteiger partial charge in [0.05, 0.1) is 0 Å². The molecule has 0 N–H and O–H groups in total. The molecule has 124 valence electrons. The average Bonchev–Trinajstić information content (AvgIpc) is 3.15. The molecule has 0 radical (unpaired) electrons. The standard InChI is InChI=1S/C22H24OS/c1-17-13-18(7-4-8-19-9-5-11-22(19,2)3)15-20(14-17)23-16-21-10-6-12-24-21/h4-7,9-15H,8,16H2,1-3H3/b7-4-. The lowest BCUT2D eigenvalue weighted by Gasteiger charge is -2.19. The van der Waals surface area contributed by atoms with Gasteiger partial charge in [0.25, 0.3) is 0 Å². The molecule has 1 aromatic heterocycles. The summed E-state index contributed by atoms with van der Waals surface area (Å²) in [6, 6.07) is 10.6. The Labute approximate surface area is 149 Å². The molecule has 0 spiro atoms. The molecule has 1 nitrogen and oxygen atoms in total. The van der Waals surface area contributed by atoms with E-state index < -0.39 is 0 Å². The van der Waals surface area contributed by atoms with Crippen LogP contribution in [0.3, 0.4) is 0 Å². The van der Waals surface area contributed by atoms with E-state index in [4.69, 9.17) is 4.74 Å². The Balaban J connectivity index is 1.64. The minimum absolute atomic E-state index is 0.186. The number of thiophene rings is 1. The van der Waals surface area contributed by atoms with Crippen molar-refractivity contribution in [1.29, 1.82) is 0 Å². The lowest BCUT2D eigenvalue weighted by molar-refractivity contribution is 0.309. The summed E-state index contributed by atoms with van der Waals surface area (Å²) in [5, 5.41) is 2.08. The van der Waals surface area contributed by atoms with Gasteiger partial charge in [-0.05, 0) is 48.1 Å². The van der Waals surface area contributed by atoms with E-state index in [-0.39, 0.29) is 5.41 Å². The maximum atomic E-state index is 5.94. The van der Waals surface area contributed by atoms with Crippen molar-refractivity contribution in [3.63, 3.8) is 0 Å². The first kappa shape index (κ1) is 16.8. The fourth-order valence-electron chi connectivity index (χ4n) is 2.88. The van der Waals surface area contributed by atoms with Gasteiger partial charge in [-0.1, -0.05) is 61.9 Å². The summed E-state index contributed by atoms with van der Waals surface area (Å²) in [6.07, 6.45) is 12.1. The molecule has 1 aliphatic rings. The third-order valence-corrected chi connectivity index (χ3v) is 5.17. The number of ether oxygens (including phenoxy) is 1. The van der Waals surface area contributed by atoms with E-state index in [1.54, 1.807) is 11.3 Å². The Morgan fingerprint density at radius 2 is 2.08 bits per heavy atom. The van der Waals surface area contributed by atoms with Gasteiger partial charge in [-0.3, -0.25) is 0 Å². The van der Waals surface area contributed by atoms with Crippen molar-refractivity contribution in [3.8, 4) is 5.75 Å². The Morgan fingerprint density at radius 1 is 1.21 bits per heavy atom. The summed E-state index contributed by atoms with van der Waals surface area (Å²) < 4.78 is 5.94. The third kappa shape index (κ3) is 4.27. The number of aryl methyl sites for hydroxylation is 1. The van der Waals surface area contributed by atoms with Crippen LogP contribution in [-0.2, 0) is 6.61 Å². The average molecular weight is 336 g/mol. The Bertz CT molecular complexity index is 776. The van der Waals surface area contributed by atoms with Crippen LogP contribution in [-0.4, -0.2) is 0 Å². The second kappa shape index (κ2) is 7.23. The molecule has 0 bridgehead atoms. The summed E-state index contributed by atoms with van der Waals surface area (Å²) in [5.74, 6) is 0.935. The van der Waals surface area contributed by atoms with Crippen LogP contribution in [0.1, 0.15) is 36.3 Å². The summed E-state index contributed by atoms with van der Waals surface area (Å²) in [6.45, 7) is 7.28. The predicted octanol–water partition coefficient (Wildman–Crippen LogP) is 6.56. The van der Waals surface area contributed by atoms with Crippen molar-refractivity contribution in [1.82, 2.24) is 0 Å². The van der Waals surface area contributed by atoms with E-state index in [9.17, 15) is 0 Å². The minimum atomic E-state index is 0.186. The Kier molecular flexibility index (Phi) is 5.06. The molecule has 24 heavy (non-hydrogen) atoms. The zero-order chi connectivity index (χ0) is 17.0. The van der Waals surface area contributed by atoms with Crippen LogP contribution in [0.15, 0.2) is 65.6 Å². The zero-order valence-electron chi connectivity index (χ0n) is 14.6. The number of allylic oxidation sites excluding steroid dienone is 5. The molecule has 3 rings (SSSR count). The second-order valence-corrected chi connectivity index (χ2v) is 7.86. The highest BCUT2D eigenvalue weighted by Gasteiger charge is 2.21. The van der Waals surface area contributed by atoms with Crippen LogP contribution in [0, 0.1) is 12.3 Å². The molecule has 1 aromatic carbocycles. The van der Waals surface area contributed by atoms with Gasteiger partial charge in [0, 0.05) is 10.3 Å². The fraction of sp³-hybridized carbons (Fsp3) is 0.273. The summed E-state index contributed by atoms with van der Waals surface area (Å²) in [7, 11) is 0. The van der Waals surface area contributed by atoms with Gasteiger partial charge in [0.2, 0.25) is 0 Å². The summed E-state index contributed by atoms with van der Waals surface area (Å²) in [5.41, 5.74) is 4.06. The fourth-order valence-corrected chi connectivity index (χ4v) is 3.50. The lowest BCUT2D eigenvalue weighted by atomic mass is 9.85. The molecule has 0 saturated carbocycles. The Morgan fingerprint density at radius 3 is 2.79 bits per heavy atom. The highest BCUT2D eigenvalue weighted by atomic mass is 32.1. The lowest BCUT2D eigenvalue weighted by Crippen LogP contribution is -2.07. The first-order valence-electron chi connectivity index (χ1n) is 8.35. The summed E-state index contributed by atoms with van der Waals surface area (Å²) in [4.78, 5) is 1.25. The highest BCUT2D eigenvalue weighted by Crippen LogP contribution is 2.35. The second-order valence-electron chi connectivity index (χ2n) is 6.83. The van der Waals surface area contributed by atoms with Crippen LogP contribution in [0.2, 0.25) is 0 Å². The number of hydrogen-bond acceptors (Lipinski definition) is 2. The van der Waals surface area contributed by atoms with E-state index in [1.807, 2.05) is 0 Å². The third-order valence-electron chi connectivity index (χ3n) is 4.32. The van der Waals surface area contributed by atoms with Crippen LogP contribution in [0.5, 0.6) is 5.75 Å². The number of rotatable bonds is 6. The van der Waals surface area contributed by atoms with Crippen LogP contribution < -0.4 is 4.74 Å². The van der Waals surface area contributed by atoms with Gasteiger partial charge in [-0.25, -0.2) is 0 Å². The van der Waals surface area contributed by atoms with E-state index in [0.29, 0.717) is 6.61 Å². The maximum Gasteiger partial charge on any atom is 0.122 e. The molecular formula is C22H24OS. The van der Waals surface area contributed by atoms with Crippen LogP contribution >= 0.6 is 11.3 Å². The van der Waals surface area contributed by atoms with Crippen molar-refractivity contribution < 1.29 is 4.74 Å². The monoisotopic (exact) mass is 336 g/mol. The molecule has 2 aromatic rings. The Hall–Kier alpha value is -2.06. The number of benzene rings is 1. The zero-order valence-corrected chi connectivity index (χ0v) is 15.4. The van der Waals surface area contributed by atoms with E-state index in [1.165, 1.54) is 21.6 Å². The quantitative estimate of drug-likeness (QED) is 0.580. The van der Waals surface area contributed by atoms with Crippen LogP contribution in [0.4, 0.5) is 0 Å². The van der Waals surface area contributed by atoms with Crippen molar-refractivity contribution >= 4 is 17.4 Å². The maximum absolute atomic E-state index is 5.94. The molecule has 0 atom stereocenters. The molecule has 0 saturated heterocycles. The van der Waals surface area contributed by atoms with Crippen LogP contribution in [0.25, 0.3) is 6.08 Å². The SMILES string of the molecule is Cc1cc(/C=C\CC2=CC=CC2(C)C)cc(OCc2cccs2)c1. The van der Waals surface area contributed by atoms with Gasteiger partial charge in [0.15, 0.2) is 0 Å². The van der Waals surface area contributed by atoms with Crippen molar-refractivity contribution in [2.75, 3.05) is 0 Å². The smallest absolute Gasteiger partial charge is 0.122 e. The van der Waals surface area contributed by atoms with E-state index in [2.05, 4.69) is 86.9 Å². The van der Waals surface area contributed by atoms with Gasteiger partial charge in [-0.2, -0.15) is 0 Å².